The highest BCUT2D eigenvalue weighted by Gasteiger charge is 2.63. The van der Waals surface area contributed by atoms with Crippen molar-refractivity contribution in [1.82, 2.24) is 9.97 Å². The fraction of sp³-hybridized carbons (Fsp3) is 0.294. The van der Waals surface area contributed by atoms with Gasteiger partial charge < -0.3 is 15.2 Å². The van der Waals surface area contributed by atoms with Gasteiger partial charge in [-0.05, 0) is 13.0 Å². The third kappa shape index (κ3) is 3.74. The van der Waals surface area contributed by atoms with Crippen LogP contribution in [0.4, 0.5) is 32.4 Å². The second-order valence-corrected chi connectivity index (χ2v) is 6.69. The van der Waals surface area contributed by atoms with E-state index in [2.05, 4.69) is 14.7 Å². The van der Waals surface area contributed by atoms with Gasteiger partial charge in [0.1, 0.15) is 22.3 Å². The molecule has 0 bridgehead atoms. The molecule has 2 N–H and O–H groups in total. The molecule has 0 saturated carbocycles. The van der Waals surface area contributed by atoms with E-state index >= 15 is 0 Å². The summed E-state index contributed by atoms with van der Waals surface area (Å²) in [6.07, 6.45) is -3.58. The van der Waals surface area contributed by atoms with Crippen molar-refractivity contribution in [3.8, 4) is 17.7 Å². The SMILES string of the molecule is Cc1ncc2c(c1C#N)OC(c1cnc(OC(F)F)c(Cl)c1)(C(F)(F)F)CN2C(N)=O. The van der Waals surface area contributed by atoms with Gasteiger partial charge in [-0.25, -0.2) is 9.78 Å². The summed E-state index contributed by atoms with van der Waals surface area (Å²) in [5.41, 5.74) is 0.699. The van der Waals surface area contributed by atoms with E-state index < -0.39 is 53.2 Å². The number of nitrogens with zero attached hydrogens (tertiary/aromatic N) is 4. The lowest BCUT2D eigenvalue weighted by atomic mass is 9.91. The molecule has 0 aromatic carbocycles. The van der Waals surface area contributed by atoms with Gasteiger partial charge in [0.15, 0.2) is 5.75 Å². The van der Waals surface area contributed by atoms with Gasteiger partial charge in [-0.3, -0.25) is 9.88 Å². The van der Waals surface area contributed by atoms with E-state index in [-0.39, 0.29) is 16.9 Å². The first-order valence-electron chi connectivity index (χ1n) is 8.24. The first-order valence-corrected chi connectivity index (χ1v) is 8.62. The van der Waals surface area contributed by atoms with E-state index in [4.69, 9.17) is 22.1 Å². The number of ether oxygens (including phenoxy) is 2. The average molecular weight is 464 g/mol. The fourth-order valence-electron chi connectivity index (χ4n) is 2.99. The van der Waals surface area contributed by atoms with Gasteiger partial charge in [-0.1, -0.05) is 11.6 Å². The van der Waals surface area contributed by atoms with Crippen molar-refractivity contribution in [3.05, 3.63) is 40.3 Å². The number of fused-ring (bicyclic) bond motifs is 1. The topological polar surface area (TPSA) is 114 Å². The van der Waals surface area contributed by atoms with Crippen LogP contribution >= 0.6 is 11.6 Å². The first kappa shape index (κ1) is 22.3. The number of alkyl halides is 5. The molecule has 3 heterocycles. The molecule has 1 atom stereocenters. The number of aromatic nitrogens is 2. The smallest absolute Gasteiger partial charge is 0.434 e. The average Bonchev–Trinajstić information content (AvgIpc) is 2.67. The number of hydrogen-bond acceptors (Lipinski definition) is 6. The zero-order chi connectivity index (χ0) is 23.1. The Kier molecular flexibility index (Phi) is 5.53. The number of nitrogens with two attached hydrogens (primary N) is 1. The quantitative estimate of drug-likeness (QED) is 0.695. The maximum atomic E-state index is 14.4. The minimum absolute atomic E-state index is 0.0421. The van der Waals surface area contributed by atoms with Crippen LogP contribution in [0.5, 0.6) is 11.6 Å². The predicted octanol–water partition coefficient (Wildman–Crippen LogP) is 3.65. The van der Waals surface area contributed by atoms with Gasteiger partial charge in [-0.2, -0.15) is 27.2 Å². The highest BCUT2D eigenvalue weighted by molar-refractivity contribution is 6.31. The van der Waals surface area contributed by atoms with E-state index in [1.165, 1.54) is 6.92 Å². The van der Waals surface area contributed by atoms with E-state index in [0.29, 0.717) is 17.2 Å². The van der Waals surface area contributed by atoms with E-state index in [1.807, 2.05) is 0 Å². The van der Waals surface area contributed by atoms with Gasteiger partial charge in [0.25, 0.3) is 0 Å². The number of rotatable bonds is 3. The Morgan fingerprint density at radius 1 is 1.42 bits per heavy atom. The first-order chi connectivity index (χ1) is 14.4. The summed E-state index contributed by atoms with van der Waals surface area (Å²) in [6, 6.07) is 1.08. The molecule has 2 amide bonds. The number of urea groups is 1. The van der Waals surface area contributed by atoms with E-state index in [0.717, 1.165) is 6.20 Å². The zero-order valence-corrected chi connectivity index (χ0v) is 16.1. The second kappa shape index (κ2) is 7.69. The number of carbonyl (C=O) groups is 1. The molecule has 2 aromatic rings. The fourth-order valence-corrected chi connectivity index (χ4v) is 3.20. The maximum Gasteiger partial charge on any atom is 0.434 e. The number of hydrogen-bond donors (Lipinski definition) is 1. The van der Waals surface area contributed by atoms with E-state index in [1.54, 1.807) is 6.07 Å². The van der Waals surface area contributed by atoms with Crippen molar-refractivity contribution in [2.75, 3.05) is 11.4 Å². The predicted molar refractivity (Wildman–Crippen MR) is 94.9 cm³/mol. The standard InChI is InChI=1S/C17H11ClF5N5O3/c1-7-9(3-24)12-11(5-26-7)28(15(25)29)6-16(31-12,17(21,22)23)8-2-10(18)13(27-4-8)30-14(19)20/h2,4-5,14H,6H2,1H3,(H2,25,29). The van der Waals surface area contributed by atoms with Crippen LogP contribution in [0.1, 0.15) is 16.8 Å². The van der Waals surface area contributed by atoms with Crippen LogP contribution < -0.4 is 20.1 Å². The number of anilines is 1. The molecular weight excluding hydrogens is 453 g/mol. The van der Waals surface area contributed by atoms with Gasteiger partial charge in [0.05, 0.1) is 18.4 Å². The van der Waals surface area contributed by atoms with Gasteiger partial charge in [0.2, 0.25) is 11.5 Å². The minimum atomic E-state index is -5.20. The highest BCUT2D eigenvalue weighted by Crippen LogP contribution is 2.51. The molecule has 8 nitrogen and oxygen atoms in total. The summed E-state index contributed by atoms with van der Waals surface area (Å²) in [4.78, 5) is 19.8. The highest BCUT2D eigenvalue weighted by atomic mass is 35.5. The number of primary amides is 1. The van der Waals surface area contributed by atoms with Crippen molar-refractivity contribution in [2.45, 2.75) is 25.3 Å². The molecule has 0 fully saturated rings. The third-order valence-corrected chi connectivity index (χ3v) is 4.73. The van der Waals surface area contributed by atoms with Crippen LogP contribution in [-0.4, -0.2) is 35.3 Å². The van der Waals surface area contributed by atoms with Gasteiger partial charge in [-0.15, -0.1) is 0 Å². The Labute approximate surface area is 175 Å². The minimum Gasteiger partial charge on any atom is -0.467 e. The number of carbonyl (C=O) groups excluding carboxylic acids is 1. The monoisotopic (exact) mass is 463 g/mol. The van der Waals surface area contributed by atoms with Crippen molar-refractivity contribution in [2.24, 2.45) is 5.73 Å². The lowest BCUT2D eigenvalue weighted by Gasteiger charge is -2.44. The molecule has 164 valence electrons. The van der Waals surface area contributed by atoms with Crippen molar-refractivity contribution in [1.29, 1.82) is 5.26 Å². The summed E-state index contributed by atoms with van der Waals surface area (Å²) in [5, 5.41) is 8.74. The molecule has 0 aliphatic carbocycles. The second-order valence-electron chi connectivity index (χ2n) is 6.29. The molecule has 2 aromatic heterocycles. The lowest BCUT2D eigenvalue weighted by molar-refractivity contribution is -0.252. The van der Waals surface area contributed by atoms with Crippen molar-refractivity contribution in [3.63, 3.8) is 0 Å². The number of amides is 2. The van der Waals surface area contributed by atoms with Gasteiger partial charge >= 0.3 is 18.8 Å². The Morgan fingerprint density at radius 3 is 2.61 bits per heavy atom. The maximum absolute atomic E-state index is 14.4. The molecule has 14 heteroatoms. The summed E-state index contributed by atoms with van der Waals surface area (Å²) in [5.74, 6) is -1.39. The number of nitriles is 1. The molecule has 0 spiro atoms. The molecule has 31 heavy (non-hydrogen) atoms. The molecule has 1 unspecified atom stereocenters. The van der Waals surface area contributed by atoms with Crippen LogP contribution in [0.15, 0.2) is 18.5 Å². The van der Waals surface area contributed by atoms with Crippen molar-refractivity contribution >= 4 is 23.3 Å². The summed E-state index contributed by atoms with van der Waals surface area (Å²) in [7, 11) is 0. The number of aryl methyl sites for hydroxylation is 1. The summed E-state index contributed by atoms with van der Waals surface area (Å²) in [6.45, 7) is -3.14. The third-order valence-electron chi connectivity index (χ3n) is 4.46. The molecular formula is C17H11ClF5N5O3. The summed E-state index contributed by atoms with van der Waals surface area (Å²) >= 11 is 5.78. The molecule has 0 radical (unpaired) electrons. The Balaban J connectivity index is 2.27. The Morgan fingerprint density at radius 2 is 2.10 bits per heavy atom. The molecule has 3 rings (SSSR count). The van der Waals surface area contributed by atoms with Crippen LogP contribution in [0, 0.1) is 18.3 Å². The van der Waals surface area contributed by atoms with Gasteiger partial charge in [0, 0.05) is 11.8 Å². The van der Waals surface area contributed by atoms with E-state index in [9.17, 15) is 32.0 Å². The summed E-state index contributed by atoms with van der Waals surface area (Å²) < 4.78 is 77.3. The van der Waals surface area contributed by atoms with Crippen molar-refractivity contribution < 1.29 is 36.2 Å². The largest absolute Gasteiger partial charge is 0.467 e. The molecule has 0 saturated heterocycles. The zero-order valence-electron chi connectivity index (χ0n) is 15.4. The van der Waals surface area contributed by atoms with Crippen LogP contribution in [-0.2, 0) is 5.60 Å². The lowest BCUT2D eigenvalue weighted by Crippen LogP contribution is -2.60. The Bertz CT molecular complexity index is 1090. The Hall–Kier alpha value is -3.40. The molecule has 1 aliphatic rings. The van der Waals surface area contributed by atoms with Crippen LogP contribution in [0.25, 0.3) is 0 Å². The number of halogens is 6. The normalized spacial score (nSPS) is 18.2. The number of pyridine rings is 2. The molecule has 1 aliphatic heterocycles. The van der Waals surface area contributed by atoms with Crippen LogP contribution in [0.3, 0.4) is 0 Å². The van der Waals surface area contributed by atoms with Crippen LogP contribution in [0.2, 0.25) is 5.02 Å².